The summed E-state index contributed by atoms with van der Waals surface area (Å²) in [5.74, 6) is -0.313. The Kier molecular flexibility index (Phi) is 7.18. The molecule has 8 heteroatoms. The molecule has 0 bridgehead atoms. The van der Waals surface area contributed by atoms with Gasteiger partial charge in [0.1, 0.15) is 11.6 Å². The molecule has 0 saturated heterocycles. The van der Waals surface area contributed by atoms with Gasteiger partial charge in [0.05, 0.1) is 23.4 Å². The number of carbonyl (C=O) groups is 1. The van der Waals surface area contributed by atoms with E-state index < -0.39 is 0 Å². The van der Waals surface area contributed by atoms with Crippen LogP contribution in [0.3, 0.4) is 0 Å². The van der Waals surface area contributed by atoms with E-state index in [9.17, 15) is 10.1 Å². The molecule has 0 saturated carbocycles. The van der Waals surface area contributed by atoms with Crippen LogP contribution in [0, 0.1) is 18.3 Å². The van der Waals surface area contributed by atoms with E-state index >= 15 is 0 Å². The number of benzene rings is 1. The Hall–Kier alpha value is -2.37. The predicted octanol–water partition coefficient (Wildman–Crippen LogP) is 4.16. The van der Waals surface area contributed by atoms with Crippen LogP contribution in [0.1, 0.15) is 26.3 Å². The Morgan fingerprint density at radius 2 is 2.23 bits per heavy atom. The van der Waals surface area contributed by atoms with Crippen molar-refractivity contribution in [3.05, 3.63) is 34.4 Å². The third kappa shape index (κ3) is 5.07. The van der Waals surface area contributed by atoms with Gasteiger partial charge < -0.3 is 10.1 Å². The smallest absolute Gasteiger partial charge is 0.302 e. The van der Waals surface area contributed by atoms with E-state index in [4.69, 9.17) is 4.74 Å². The van der Waals surface area contributed by atoms with Crippen LogP contribution in [0.25, 0.3) is 0 Å². The summed E-state index contributed by atoms with van der Waals surface area (Å²) < 4.78 is 6.95. The highest BCUT2D eigenvalue weighted by atomic mass is 32.2. The van der Waals surface area contributed by atoms with Crippen LogP contribution >= 0.6 is 11.9 Å². The molecule has 0 aliphatic carbocycles. The number of azo groups is 1. The number of ether oxygens (including phenoxy) is 1. The van der Waals surface area contributed by atoms with Gasteiger partial charge in [0.2, 0.25) is 0 Å². The number of carbonyl (C=O) groups excluding carboxylic acids is 1. The van der Waals surface area contributed by atoms with E-state index in [-0.39, 0.29) is 18.6 Å². The Morgan fingerprint density at radius 3 is 2.85 bits per heavy atom. The number of hydrogen-bond donors (Lipinski definition) is 1. The molecule has 0 fully saturated rings. The summed E-state index contributed by atoms with van der Waals surface area (Å²) in [7, 11) is 0. The van der Waals surface area contributed by atoms with Crippen LogP contribution < -0.4 is 5.32 Å². The molecular weight excluding hydrogens is 350 g/mol. The number of anilines is 1. The van der Waals surface area contributed by atoms with Crippen molar-refractivity contribution in [2.24, 2.45) is 10.2 Å². The van der Waals surface area contributed by atoms with Gasteiger partial charge in [0.15, 0.2) is 0 Å². The second-order valence-corrected chi connectivity index (χ2v) is 6.85. The Labute approximate surface area is 158 Å². The maximum atomic E-state index is 10.9. The van der Waals surface area contributed by atoms with Crippen molar-refractivity contribution in [2.75, 3.05) is 25.0 Å². The van der Waals surface area contributed by atoms with Crippen LogP contribution in [-0.4, -0.2) is 36.0 Å². The molecule has 1 atom stereocenters. The lowest BCUT2D eigenvalue weighted by Crippen LogP contribution is -2.27. The lowest BCUT2D eigenvalue weighted by Gasteiger charge is -2.19. The van der Waals surface area contributed by atoms with Crippen molar-refractivity contribution in [3.63, 3.8) is 0 Å². The zero-order valence-electron chi connectivity index (χ0n) is 15.4. The summed E-state index contributed by atoms with van der Waals surface area (Å²) in [6, 6.07) is 8.00. The highest BCUT2D eigenvalue weighted by molar-refractivity contribution is 8.01. The molecule has 1 aliphatic heterocycles. The first-order valence-electron chi connectivity index (χ1n) is 8.44. The minimum atomic E-state index is -0.313. The maximum Gasteiger partial charge on any atom is 0.302 e. The minimum Gasteiger partial charge on any atom is -0.464 e. The van der Waals surface area contributed by atoms with Gasteiger partial charge in [-0.25, -0.2) is 4.31 Å². The fourth-order valence-corrected chi connectivity index (χ4v) is 3.52. The minimum absolute atomic E-state index is 0.105. The molecule has 1 aliphatic rings. The maximum absolute atomic E-state index is 10.9. The molecule has 1 heterocycles. The first kappa shape index (κ1) is 19.9. The number of hydrogen-bond acceptors (Lipinski definition) is 8. The van der Waals surface area contributed by atoms with Crippen LogP contribution in [-0.2, 0) is 9.53 Å². The topological polar surface area (TPSA) is 90.1 Å². The van der Waals surface area contributed by atoms with Crippen molar-refractivity contribution in [2.45, 2.75) is 33.7 Å². The highest BCUT2D eigenvalue weighted by Crippen LogP contribution is 2.39. The van der Waals surface area contributed by atoms with Crippen LogP contribution in [0.4, 0.5) is 11.4 Å². The molecule has 0 spiro atoms. The Bertz CT molecular complexity index is 769. The second-order valence-electron chi connectivity index (χ2n) is 5.81. The predicted molar refractivity (Wildman–Crippen MR) is 103 cm³/mol. The normalized spacial score (nSPS) is 17.6. The van der Waals surface area contributed by atoms with Crippen molar-refractivity contribution < 1.29 is 9.53 Å². The largest absolute Gasteiger partial charge is 0.464 e. The SMILES string of the molecule is CCNc1ccc(N=NC2=C(C#N)C(C)N(CCOC(C)=O)S2)c(C)c1. The molecule has 1 unspecified atom stereocenters. The summed E-state index contributed by atoms with van der Waals surface area (Å²) in [5.41, 5.74) is 3.39. The van der Waals surface area contributed by atoms with E-state index in [1.54, 1.807) is 0 Å². The van der Waals surface area contributed by atoms with Gasteiger partial charge in [-0.3, -0.25) is 4.79 Å². The van der Waals surface area contributed by atoms with E-state index in [0.717, 1.165) is 23.5 Å². The highest BCUT2D eigenvalue weighted by Gasteiger charge is 2.31. The zero-order chi connectivity index (χ0) is 19.1. The fraction of sp³-hybridized carbons (Fsp3) is 0.444. The molecule has 2 rings (SSSR count). The summed E-state index contributed by atoms with van der Waals surface area (Å²) in [4.78, 5) is 10.9. The number of nitriles is 1. The Morgan fingerprint density at radius 1 is 1.46 bits per heavy atom. The Balaban J connectivity index is 2.09. The molecule has 26 heavy (non-hydrogen) atoms. The molecular formula is C18H23N5O2S. The fourth-order valence-electron chi connectivity index (χ4n) is 2.48. The molecule has 1 N–H and O–H groups in total. The van der Waals surface area contributed by atoms with Crippen LogP contribution in [0.15, 0.2) is 39.0 Å². The van der Waals surface area contributed by atoms with E-state index in [1.165, 1.54) is 18.9 Å². The number of nitrogens with one attached hydrogen (secondary N) is 1. The molecule has 7 nitrogen and oxygen atoms in total. The zero-order valence-corrected chi connectivity index (χ0v) is 16.3. The average molecular weight is 373 g/mol. The van der Waals surface area contributed by atoms with E-state index in [0.29, 0.717) is 17.1 Å². The molecule has 0 radical (unpaired) electrons. The molecule has 1 aromatic rings. The van der Waals surface area contributed by atoms with Crippen molar-refractivity contribution in [3.8, 4) is 6.07 Å². The van der Waals surface area contributed by atoms with E-state index in [1.807, 2.05) is 43.3 Å². The molecule has 1 aromatic carbocycles. The summed E-state index contributed by atoms with van der Waals surface area (Å²) in [6.07, 6.45) is 0. The van der Waals surface area contributed by atoms with Gasteiger partial charge in [0, 0.05) is 25.7 Å². The lowest BCUT2D eigenvalue weighted by molar-refractivity contribution is -0.141. The monoisotopic (exact) mass is 373 g/mol. The molecule has 0 aromatic heterocycles. The van der Waals surface area contributed by atoms with Gasteiger partial charge in [0.25, 0.3) is 0 Å². The second kappa shape index (κ2) is 9.36. The number of aryl methyl sites for hydroxylation is 1. The number of esters is 1. The first-order chi connectivity index (χ1) is 12.5. The third-order valence-electron chi connectivity index (χ3n) is 3.85. The summed E-state index contributed by atoms with van der Waals surface area (Å²) in [6.45, 7) is 8.99. The lowest BCUT2D eigenvalue weighted by atomic mass is 10.1. The van der Waals surface area contributed by atoms with Crippen molar-refractivity contribution in [1.82, 2.24) is 4.31 Å². The summed E-state index contributed by atoms with van der Waals surface area (Å²) in [5, 5.41) is 21.9. The average Bonchev–Trinajstić information content (AvgIpc) is 2.89. The summed E-state index contributed by atoms with van der Waals surface area (Å²) >= 11 is 1.37. The quantitative estimate of drug-likeness (QED) is 0.438. The first-order valence-corrected chi connectivity index (χ1v) is 9.22. The standard InChI is InChI=1S/C18H23N5O2S/c1-5-20-15-6-7-17(12(2)10-15)21-22-18-16(11-19)13(3)23(26-18)8-9-25-14(4)24/h6-7,10,13,20H,5,8-9H2,1-4H3. The molecule has 0 amide bonds. The van der Waals surface area contributed by atoms with Crippen molar-refractivity contribution in [1.29, 1.82) is 5.26 Å². The van der Waals surface area contributed by atoms with Crippen molar-refractivity contribution >= 4 is 29.3 Å². The van der Waals surface area contributed by atoms with Gasteiger partial charge >= 0.3 is 5.97 Å². The van der Waals surface area contributed by atoms with Crippen LogP contribution in [0.2, 0.25) is 0 Å². The van der Waals surface area contributed by atoms with E-state index in [2.05, 4.69) is 21.6 Å². The number of nitrogens with zero attached hydrogens (tertiary/aromatic N) is 4. The number of rotatable bonds is 7. The van der Waals surface area contributed by atoms with Gasteiger partial charge in [-0.15, -0.1) is 10.2 Å². The van der Waals surface area contributed by atoms with Gasteiger partial charge in [-0.2, -0.15) is 5.26 Å². The third-order valence-corrected chi connectivity index (χ3v) is 5.06. The molecule has 138 valence electrons. The van der Waals surface area contributed by atoms with Gasteiger partial charge in [-0.05, 0) is 56.5 Å². The van der Waals surface area contributed by atoms with Crippen LogP contribution in [0.5, 0.6) is 0 Å². The van der Waals surface area contributed by atoms with Gasteiger partial charge in [-0.1, -0.05) is 0 Å².